The molecule has 2 heterocycles. The van der Waals surface area contributed by atoms with Gasteiger partial charge in [-0.25, -0.2) is 4.98 Å². The van der Waals surface area contributed by atoms with Crippen molar-refractivity contribution < 1.29 is 5.11 Å². The Kier molecular flexibility index (Phi) is 4.46. The monoisotopic (exact) mass is 277 g/mol. The lowest BCUT2D eigenvalue weighted by atomic mass is 10.1. The van der Waals surface area contributed by atoms with E-state index in [4.69, 9.17) is 0 Å². The van der Waals surface area contributed by atoms with Crippen molar-refractivity contribution in [1.29, 1.82) is 0 Å². The van der Waals surface area contributed by atoms with Crippen LogP contribution in [-0.2, 0) is 0 Å². The maximum atomic E-state index is 9.37. The molecule has 108 valence electrons. The van der Waals surface area contributed by atoms with E-state index in [1.807, 2.05) is 13.8 Å². The van der Waals surface area contributed by atoms with Crippen LogP contribution in [0.3, 0.4) is 0 Å². The topological polar surface area (TPSA) is 101 Å². The number of nitrogens with one attached hydrogen (secondary N) is 2. The van der Waals surface area contributed by atoms with Crippen LogP contribution in [0, 0.1) is 5.92 Å². The Morgan fingerprint density at radius 3 is 2.55 bits per heavy atom. The van der Waals surface area contributed by atoms with Gasteiger partial charge in [0.2, 0.25) is 17.8 Å². The second-order valence-electron chi connectivity index (χ2n) is 4.68. The summed E-state index contributed by atoms with van der Waals surface area (Å²) in [5.74, 6) is 1.59. The molecule has 8 nitrogen and oxygen atoms in total. The Morgan fingerprint density at radius 1 is 1.25 bits per heavy atom. The fourth-order valence-corrected chi connectivity index (χ4v) is 1.62. The maximum Gasteiger partial charge on any atom is 0.241 e. The zero-order chi connectivity index (χ0) is 14.5. The van der Waals surface area contributed by atoms with Gasteiger partial charge in [0.25, 0.3) is 0 Å². The van der Waals surface area contributed by atoms with Crippen LogP contribution in [0.25, 0.3) is 5.95 Å². The molecular formula is C12H19N7O. The van der Waals surface area contributed by atoms with Crippen molar-refractivity contribution in [3.05, 3.63) is 18.7 Å². The van der Waals surface area contributed by atoms with Crippen LogP contribution in [0.5, 0.6) is 0 Å². The van der Waals surface area contributed by atoms with Gasteiger partial charge in [0.05, 0.1) is 12.6 Å². The summed E-state index contributed by atoms with van der Waals surface area (Å²) in [5, 5.41) is 15.4. The molecule has 0 aliphatic rings. The van der Waals surface area contributed by atoms with Crippen LogP contribution in [-0.4, -0.2) is 49.3 Å². The molecule has 1 atom stereocenters. The molecule has 0 unspecified atom stereocenters. The van der Waals surface area contributed by atoms with Crippen LogP contribution in [0.15, 0.2) is 18.7 Å². The van der Waals surface area contributed by atoms with Crippen LogP contribution >= 0.6 is 0 Å². The third kappa shape index (κ3) is 3.21. The lowest BCUT2D eigenvalue weighted by Gasteiger charge is -2.20. The van der Waals surface area contributed by atoms with Crippen LogP contribution in [0.1, 0.15) is 13.8 Å². The number of rotatable bonds is 6. The second kappa shape index (κ2) is 6.29. The predicted octanol–water partition coefficient (Wildman–Crippen LogP) is 0.528. The Hall–Kier alpha value is -2.22. The molecule has 3 N–H and O–H groups in total. The SMILES string of the molecule is CNc1nc(N[C@H](CO)C(C)C)nc(-n2ccnc2)n1. The Labute approximate surface area is 117 Å². The third-order valence-corrected chi connectivity index (χ3v) is 2.90. The fraction of sp³-hybridized carbons (Fsp3) is 0.500. The second-order valence-corrected chi connectivity index (χ2v) is 4.68. The molecule has 0 saturated carbocycles. The highest BCUT2D eigenvalue weighted by Crippen LogP contribution is 2.12. The van der Waals surface area contributed by atoms with Crippen molar-refractivity contribution in [2.75, 3.05) is 24.3 Å². The summed E-state index contributed by atoms with van der Waals surface area (Å²) in [5.41, 5.74) is 0. The summed E-state index contributed by atoms with van der Waals surface area (Å²) in [6.07, 6.45) is 5.02. The van der Waals surface area contributed by atoms with Crippen molar-refractivity contribution in [3.63, 3.8) is 0 Å². The largest absolute Gasteiger partial charge is 0.394 e. The third-order valence-electron chi connectivity index (χ3n) is 2.90. The van der Waals surface area contributed by atoms with Crippen LogP contribution < -0.4 is 10.6 Å². The number of aliphatic hydroxyl groups excluding tert-OH is 1. The highest BCUT2D eigenvalue weighted by molar-refractivity contribution is 5.38. The maximum absolute atomic E-state index is 9.37. The van der Waals surface area contributed by atoms with Gasteiger partial charge in [0.1, 0.15) is 6.33 Å². The molecule has 0 radical (unpaired) electrons. The number of anilines is 2. The summed E-state index contributed by atoms with van der Waals surface area (Å²) >= 11 is 0. The van der Waals surface area contributed by atoms with E-state index in [9.17, 15) is 5.11 Å². The lowest BCUT2D eigenvalue weighted by Crippen LogP contribution is -2.30. The van der Waals surface area contributed by atoms with E-state index >= 15 is 0 Å². The van der Waals surface area contributed by atoms with Crippen molar-refractivity contribution in [1.82, 2.24) is 24.5 Å². The molecule has 0 fully saturated rings. The normalized spacial score (nSPS) is 12.4. The molecule has 0 aliphatic carbocycles. The number of aliphatic hydroxyl groups is 1. The summed E-state index contributed by atoms with van der Waals surface area (Å²) in [4.78, 5) is 16.8. The van der Waals surface area contributed by atoms with E-state index in [0.717, 1.165) is 0 Å². The highest BCUT2D eigenvalue weighted by Gasteiger charge is 2.15. The van der Waals surface area contributed by atoms with Crippen molar-refractivity contribution in [2.24, 2.45) is 5.92 Å². The minimum Gasteiger partial charge on any atom is -0.394 e. The van der Waals surface area contributed by atoms with E-state index in [-0.39, 0.29) is 18.6 Å². The van der Waals surface area contributed by atoms with E-state index in [1.54, 1.807) is 30.3 Å². The Morgan fingerprint density at radius 2 is 2.00 bits per heavy atom. The standard InChI is InChI=1S/C12H19N7O/c1-8(2)9(6-20)15-11-16-10(13-3)17-12(18-11)19-5-4-14-7-19/h4-5,7-9,20H,6H2,1-3H3,(H2,13,15,16,17,18)/t9-/m1/s1. The number of nitrogens with zero attached hydrogens (tertiary/aromatic N) is 5. The zero-order valence-corrected chi connectivity index (χ0v) is 11.8. The molecule has 2 aromatic rings. The van der Waals surface area contributed by atoms with E-state index < -0.39 is 0 Å². The molecular weight excluding hydrogens is 258 g/mol. The van der Waals surface area contributed by atoms with E-state index in [1.165, 1.54) is 0 Å². The first-order valence-corrected chi connectivity index (χ1v) is 6.43. The molecule has 0 spiro atoms. The number of hydrogen-bond donors (Lipinski definition) is 3. The van der Waals surface area contributed by atoms with Crippen molar-refractivity contribution >= 4 is 11.9 Å². The van der Waals surface area contributed by atoms with Gasteiger partial charge in [-0.2, -0.15) is 15.0 Å². The van der Waals surface area contributed by atoms with Crippen molar-refractivity contribution in [2.45, 2.75) is 19.9 Å². The first-order valence-electron chi connectivity index (χ1n) is 6.43. The molecule has 20 heavy (non-hydrogen) atoms. The van der Waals surface area contributed by atoms with Gasteiger partial charge in [0, 0.05) is 19.4 Å². The summed E-state index contributed by atoms with van der Waals surface area (Å²) in [6.45, 7) is 4.05. The quantitative estimate of drug-likeness (QED) is 0.708. The van der Waals surface area contributed by atoms with Gasteiger partial charge in [-0.1, -0.05) is 13.8 Å². The zero-order valence-electron chi connectivity index (χ0n) is 11.8. The summed E-state index contributed by atoms with van der Waals surface area (Å²) in [7, 11) is 1.74. The molecule has 0 amide bonds. The van der Waals surface area contributed by atoms with Gasteiger partial charge in [0.15, 0.2) is 0 Å². The van der Waals surface area contributed by atoms with Gasteiger partial charge >= 0.3 is 0 Å². The highest BCUT2D eigenvalue weighted by atomic mass is 16.3. The molecule has 2 aromatic heterocycles. The van der Waals surface area contributed by atoms with Gasteiger partial charge in [-0.15, -0.1) is 0 Å². The first kappa shape index (κ1) is 14.2. The van der Waals surface area contributed by atoms with Gasteiger partial charge in [-0.3, -0.25) is 4.57 Å². The number of hydrogen-bond acceptors (Lipinski definition) is 7. The predicted molar refractivity (Wildman–Crippen MR) is 75.8 cm³/mol. The lowest BCUT2D eigenvalue weighted by molar-refractivity contribution is 0.248. The fourth-order valence-electron chi connectivity index (χ4n) is 1.62. The minimum atomic E-state index is -0.113. The number of imidazole rings is 1. The minimum absolute atomic E-state index is 0.0125. The molecule has 0 saturated heterocycles. The summed E-state index contributed by atoms with van der Waals surface area (Å²) < 4.78 is 1.69. The van der Waals surface area contributed by atoms with Crippen LogP contribution in [0.2, 0.25) is 0 Å². The molecule has 8 heteroatoms. The Balaban J connectivity index is 2.31. The average molecular weight is 277 g/mol. The average Bonchev–Trinajstić information content (AvgIpc) is 2.98. The smallest absolute Gasteiger partial charge is 0.241 e. The molecule has 0 bridgehead atoms. The van der Waals surface area contributed by atoms with E-state index in [2.05, 4.69) is 30.6 Å². The van der Waals surface area contributed by atoms with Crippen LogP contribution in [0.4, 0.5) is 11.9 Å². The first-order chi connectivity index (χ1) is 9.63. The van der Waals surface area contributed by atoms with Gasteiger partial charge in [-0.05, 0) is 5.92 Å². The molecule has 0 aliphatic heterocycles. The molecule has 0 aromatic carbocycles. The number of aromatic nitrogens is 5. The summed E-state index contributed by atoms with van der Waals surface area (Å²) in [6, 6.07) is -0.113. The Bertz CT molecular complexity index is 541. The molecule has 2 rings (SSSR count). The van der Waals surface area contributed by atoms with E-state index in [0.29, 0.717) is 17.8 Å². The van der Waals surface area contributed by atoms with Gasteiger partial charge < -0.3 is 15.7 Å². The van der Waals surface area contributed by atoms with Crippen molar-refractivity contribution in [3.8, 4) is 5.95 Å².